The van der Waals surface area contributed by atoms with Crippen LogP contribution < -0.4 is 19.5 Å². The quantitative estimate of drug-likeness (QED) is 0.406. The molecule has 0 aliphatic carbocycles. The van der Waals surface area contributed by atoms with Crippen molar-refractivity contribution in [2.75, 3.05) is 19.5 Å². The second-order valence-corrected chi connectivity index (χ2v) is 7.81. The third kappa shape index (κ3) is 5.70. The highest BCUT2D eigenvalue weighted by Crippen LogP contribution is 2.37. The topological polar surface area (TPSA) is 77.0 Å². The number of hydrogen-bond donors (Lipinski definition) is 2. The van der Waals surface area contributed by atoms with Gasteiger partial charge in [-0.15, -0.1) is 0 Å². The van der Waals surface area contributed by atoms with E-state index in [2.05, 4.69) is 21.2 Å². The first-order valence-electron chi connectivity index (χ1n) is 9.61. The predicted molar refractivity (Wildman–Crippen MR) is 123 cm³/mol. The summed E-state index contributed by atoms with van der Waals surface area (Å²) >= 11 is 3.57. The SMILES string of the molecule is COc1ccc(C(=O)O)cc1NCc1cc(Br)c(OCc2ccc(C)cc2)c(OC)c1. The van der Waals surface area contributed by atoms with Crippen LogP contribution in [0.2, 0.25) is 0 Å². The Morgan fingerprint density at radius 1 is 0.968 bits per heavy atom. The molecular formula is C24H24BrNO5. The monoisotopic (exact) mass is 485 g/mol. The van der Waals surface area contributed by atoms with Crippen LogP contribution in [-0.4, -0.2) is 25.3 Å². The molecule has 0 unspecified atom stereocenters. The first-order chi connectivity index (χ1) is 14.9. The van der Waals surface area contributed by atoms with Crippen molar-refractivity contribution in [3.63, 3.8) is 0 Å². The number of nitrogens with one attached hydrogen (secondary N) is 1. The number of rotatable bonds is 9. The van der Waals surface area contributed by atoms with Crippen LogP contribution >= 0.6 is 15.9 Å². The van der Waals surface area contributed by atoms with E-state index in [0.717, 1.165) is 15.6 Å². The van der Waals surface area contributed by atoms with Crippen LogP contribution in [0.25, 0.3) is 0 Å². The minimum absolute atomic E-state index is 0.182. The van der Waals surface area contributed by atoms with Gasteiger partial charge >= 0.3 is 5.97 Å². The van der Waals surface area contributed by atoms with E-state index >= 15 is 0 Å². The van der Waals surface area contributed by atoms with Crippen LogP contribution in [0.15, 0.2) is 59.1 Å². The number of ether oxygens (including phenoxy) is 3. The first-order valence-corrected chi connectivity index (χ1v) is 10.4. The Balaban J connectivity index is 1.76. The average molecular weight is 486 g/mol. The number of halogens is 1. The van der Waals surface area contributed by atoms with E-state index < -0.39 is 5.97 Å². The van der Waals surface area contributed by atoms with Crippen molar-refractivity contribution in [3.05, 3.63) is 81.3 Å². The number of carboxylic acids is 1. The number of aromatic carboxylic acids is 1. The average Bonchev–Trinajstić information content (AvgIpc) is 2.77. The Morgan fingerprint density at radius 2 is 1.68 bits per heavy atom. The highest BCUT2D eigenvalue weighted by atomic mass is 79.9. The maximum Gasteiger partial charge on any atom is 0.335 e. The molecular weight excluding hydrogens is 462 g/mol. The summed E-state index contributed by atoms with van der Waals surface area (Å²) in [5, 5.41) is 12.5. The second-order valence-electron chi connectivity index (χ2n) is 6.96. The number of anilines is 1. The molecule has 0 heterocycles. The minimum Gasteiger partial charge on any atom is -0.495 e. The molecule has 0 bridgehead atoms. The fourth-order valence-corrected chi connectivity index (χ4v) is 3.64. The molecule has 0 fully saturated rings. The summed E-state index contributed by atoms with van der Waals surface area (Å²) in [4.78, 5) is 11.3. The molecule has 7 heteroatoms. The molecule has 3 rings (SSSR count). The van der Waals surface area contributed by atoms with Crippen molar-refractivity contribution in [2.24, 2.45) is 0 Å². The lowest BCUT2D eigenvalue weighted by Gasteiger charge is -2.16. The third-order valence-corrected chi connectivity index (χ3v) is 5.31. The van der Waals surface area contributed by atoms with Crippen LogP contribution in [0.3, 0.4) is 0 Å². The number of benzene rings is 3. The van der Waals surface area contributed by atoms with Crippen LogP contribution in [-0.2, 0) is 13.2 Å². The van der Waals surface area contributed by atoms with Gasteiger partial charge in [-0.25, -0.2) is 4.79 Å². The van der Waals surface area contributed by atoms with Gasteiger partial charge in [0.2, 0.25) is 0 Å². The normalized spacial score (nSPS) is 10.5. The molecule has 31 heavy (non-hydrogen) atoms. The lowest BCUT2D eigenvalue weighted by Crippen LogP contribution is -2.05. The van der Waals surface area contributed by atoms with Gasteiger partial charge in [0.25, 0.3) is 0 Å². The third-order valence-electron chi connectivity index (χ3n) is 4.72. The molecule has 0 aliphatic rings. The van der Waals surface area contributed by atoms with Gasteiger partial charge in [0.15, 0.2) is 11.5 Å². The zero-order valence-electron chi connectivity index (χ0n) is 17.6. The Kier molecular flexibility index (Phi) is 7.41. The zero-order valence-corrected chi connectivity index (χ0v) is 19.2. The van der Waals surface area contributed by atoms with Crippen molar-refractivity contribution in [3.8, 4) is 17.2 Å². The summed E-state index contributed by atoms with van der Waals surface area (Å²) in [7, 11) is 3.14. The molecule has 0 amide bonds. The number of methoxy groups -OCH3 is 2. The summed E-state index contributed by atoms with van der Waals surface area (Å²) < 4.78 is 17.6. The van der Waals surface area contributed by atoms with E-state index in [1.54, 1.807) is 26.4 Å². The van der Waals surface area contributed by atoms with Crippen LogP contribution in [0.1, 0.15) is 27.0 Å². The Bertz CT molecular complexity index is 1070. The summed E-state index contributed by atoms with van der Waals surface area (Å²) in [5.74, 6) is 0.793. The highest BCUT2D eigenvalue weighted by molar-refractivity contribution is 9.10. The van der Waals surface area contributed by atoms with Crippen molar-refractivity contribution >= 4 is 27.6 Å². The maximum atomic E-state index is 11.3. The molecule has 0 aliphatic heterocycles. The van der Waals surface area contributed by atoms with Crippen LogP contribution in [0, 0.1) is 6.92 Å². The van der Waals surface area contributed by atoms with Gasteiger partial charge in [-0.3, -0.25) is 0 Å². The molecule has 0 saturated carbocycles. The molecule has 6 nitrogen and oxygen atoms in total. The Labute approximate surface area is 189 Å². The van der Waals surface area contributed by atoms with Gasteiger partial charge in [-0.05, 0) is 64.3 Å². The van der Waals surface area contributed by atoms with E-state index in [-0.39, 0.29) is 5.56 Å². The van der Waals surface area contributed by atoms with Crippen molar-refractivity contribution in [1.29, 1.82) is 0 Å². The fraction of sp³-hybridized carbons (Fsp3) is 0.208. The van der Waals surface area contributed by atoms with Gasteiger partial charge < -0.3 is 24.6 Å². The molecule has 3 aromatic carbocycles. The van der Waals surface area contributed by atoms with E-state index in [9.17, 15) is 9.90 Å². The largest absolute Gasteiger partial charge is 0.495 e. The smallest absolute Gasteiger partial charge is 0.335 e. The minimum atomic E-state index is -0.995. The van der Waals surface area contributed by atoms with Crippen LogP contribution in [0.5, 0.6) is 17.2 Å². The van der Waals surface area contributed by atoms with E-state index in [0.29, 0.717) is 36.1 Å². The maximum absolute atomic E-state index is 11.3. The molecule has 2 N–H and O–H groups in total. The van der Waals surface area contributed by atoms with Gasteiger partial charge in [0.05, 0.1) is 29.9 Å². The molecule has 0 saturated heterocycles. The number of carboxylic acid groups (broad SMARTS) is 1. The second kappa shape index (κ2) is 10.2. The van der Waals surface area contributed by atoms with Gasteiger partial charge in [0.1, 0.15) is 12.4 Å². The fourth-order valence-electron chi connectivity index (χ4n) is 3.03. The standard InChI is InChI=1S/C24H24BrNO5/c1-15-4-6-16(7-5-15)14-31-23-19(25)10-17(11-22(23)30-3)13-26-20-12-18(24(27)28)8-9-21(20)29-2/h4-12,26H,13-14H2,1-3H3,(H,27,28). The summed E-state index contributed by atoms with van der Waals surface area (Å²) in [6.45, 7) is 2.91. The number of hydrogen-bond acceptors (Lipinski definition) is 5. The van der Waals surface area contributed by atoms with Gasteiger partial charge in [-0.2, -0.15) is 0 Å². The molecule has 0 atom stereocenters. The predicted octanol–water partition coefficient (Wildman–Crippen LogP) is 5.66. The summed E-state index contributed by atoms with van der Waals surface area (Å²) in [6, 6.07) is 16.7. The molecule has 3 aromatic rings. The van der Waals surface area contributed by atoms with Gasteiger partial charge in [0, 0.05) is 6.54 Å². The lowest BCUT2D eigenvalue weighted by molar-refractivity contribution is 0.0697. The van der Waals surface area contributed by atoms with Crippen LogP contribution in [0.4, 0.5) is 5.69 Å². The molecule has 0 aromatic heterocycles. The Morgan fingerprint density at radius 3 is 2.32 bits per heavy atom. The number of carbonyl (C=O) groups is 1. The lowest BCUT2D eigenvalue weighted by atomic mass is 10.1. The highest BCUT2D eigenvalue weighted by Gasteiger charge is 2.14. The molecule has 0 spiro atoms. The van der Waals surface area contributed by atoms with E-state index in [4.69, 9.17) is 14.2 Å². The number of aryl methyl sites for hydroxylation is 1. The zero-order chi connectivity index (χ0) is 22.4. The van der Waals surface area contributed by atoms with E-state index in [1.807, 2.05) is 43.3 Å². The molecule has 0 radical (unpaired) electrons. The summed E-state index contributed by atoms with van der Waals surface area (Å²) in [5.41, 5.74) is 3.97. The van der Waals surface area contributed by atoms with Crippen molar-refractivity contribution in [1.82, 2.24) is 0 Å². The van der Waals surface area contributed by atoms with E-state index in [1.165, 1.54) is 11.6 Å². The first kappa shape index (κ1) is 22.5. The molecule has 162 valence electrons. The van der Waals surface area contributed by atoms with Crippen molar-refractivity contribution < 1.29 is 24.1 Å². The summed E-state index contributed by atoms with van der Waals surface area (Å²) in [6.07, 6.45) is 0. The Hall–Kier alpha value is -3.19. The van der Waals surface area contributed by atoms with Crippen molar-refractivity contribution in [2.45, 2.75) is 20.1 Å². The van der Waals surface area contributed by atoms with Gasteiger partial charge in [-0.1, -0.05) is 29.8 Å².